The van der Waals surface area contributed by atoms with Crippen LogP contribution in [0.25, 0.3) is 22.7 Å². The van der Waals surface area contributed by atoms with E-state index in [1.54, 1.807) is 24.5 Å². The molecule has 4 nitrogen and oxygen atoms in total. The van der Waals surface area contributed by atoms with Gasteiger partial charge >= 0.3 is 0 Å². The van der Waals surface area contributed by atoms with E-state index < -0.39 is 0 Å². The van der Waals surface area contributed by atoms with Crippen molar-refractivity contribution in [2.24, 2.45) is 0 Å². The molecule has 0 spiro atoms. The number of aromatic amines is 1. The maximum atomic E-state index is 9.24. The zero-order valence-electron chi connectivity index (χ0n) is 10.3. The van der Waals surface area contributed by atoms with Crippen molar-refractivity contribution in [3.63, 3.8) is 0 Å². The first-order valence-corrected chi connectivity index (χ1v) is 5.88. The number of nitrogens with one attached hydrogen (secondary N) is 1. The molecular formula is C15H11N3O. The SMILES string of the molecule is Cc1ccc2[nH]c(/C(C#N)=C/c3ccco3)nc2c1. The first-order chi connectivity index (χ1) is 9.26. The number of H-pyrrole nitrogens is 1. The summed E-state index contributed by atoms with van der Waals surface area (Å²) in [5.41, 5.74) is 3.36. The predicted molar refractivity (Wildman–Crippen MR) is 73.0 cm³/mol. The Bertz CT molecular complexity index is 789. The molecule has 3 rings (SSSR count). The van der Waals surface area contributed by atoms with Gasteiger partial charge in [-0.3, -0.25) is 0 Å². The largest absolute Gasteiger partial charge is 0.465 e. The molecule has 0 unspecified atom stereocenters. The molecule has 19 heavy (non-hydrogen) atoms. The molecule has 0 fully saturated rings. The first-order valence-electron chi connectivity index (χ1n) is 5.88. The molecule has 4 heteroatoms. The van der Waals surface area contributed by atoms with E-state index in [9.17, 15) is 5.26 Å². The fourth-order valence-corrected chi connectivity index (χ4v) is 1.91. The van der Waals surface area contributed by atoms with Crippen molar-refractivity contribution >= 4 is 22.7 Å². The maximum absolute atomic E-state index is 9.24. The van der Waals surface area contributed by atoms with Crippen molar-refractivity contribution in [3.05, 3.63) is 53.7 Å². The fourth-order valence-electron chi connectivity index (χ4n) is 1.91. The molecule has 92 valence electrons. The van der Waals surface area contributed by atoms with Crippen molar-refractivity contribution in [2.45, 2.75) is 6.92 Å². The van der Waals surface area contributed by atoms with Crippen molar-refractivity contribution in [1.82, 2.24) is 9.97 Å². The van der Waals surface area contributed by atoms with Crippen LogP contribution in [0.15, 0.2) is 41.0 Å². The number of hydrogen-bond acceptors (Lipinski definition) is 3. The number of hydrogen-bond donors (Lipinski definition) is 1. The van der Waals surface area contributed by atoms with Crippen molar-refractivity contribution in [1.29, 1.82) is 5.26 Å². The monoisotopic (exact) mass is 249 g/mol. The Morgan fingerprint density at radius 1 is 1.42 bits per heavy atom. The Morgan fingerprint density at radius 2 is 2.32 bits per heavy atom. The third kappa shape index (κ3) is 2.14. The molecule has 0 aliphatic rings. The number of furan rings is 1. The van der Waals surface area contributed by atoms with Crippen LogP contribution in [-0.4, -0.2) is 9.97 Å². The van der Waals surface area contributed by atoms with Gasteiger partial charge in [0.1, 0.15) is 17.7 Å². The Morgan fingerprint density at radius 3 is 3.05 bits per heavy atom. The number of aromatic nitrogens is 2. The second-order valence-corrected chi connectivity index (χ2v) is 4.29. The molecule has 0 atom stereocenters. The number of rotatable bonds is 2. The molecule has 2 aromatic heterocycles. The zero-order valence-corrected chi connectivity index (χ0v) is 10.3. The summed E-state index contributed by atoms with van der Waals surface area (Å²) in [7, 11) is 0. The number of imidazole rings is 1. The highest BCUT2D eigenvalue weighted by Gasteiger charge is 2.08. The highest BCUT2D eigenvalue weighted by Crippen LogP contribution is 2.20. The summed E-state index contributed by atoms with van der Waals surface area (Å²) in [6.07, 6.45) is 3.24. The van der Waals surface area contributed by atoms with E-state index in [2.05, 4.69) is 16.0 Å². The Balaban J connectivity index is 2.10. The topological polar surface area (TPSA) is 65.6 Å². The van der Waals surface area contributed by atoms with Crippen molar-refractivity contribution in [3.8, 4) is 6.07 Å². The Hall–Kier alpha value is -2.80. The third-order valence-electron chi connectivity index (χ3n) is 2.84. The summed E-state index contributed by atoms with van der Waals surface area (Å²) >= 11 is 0. The van der Waals surface area contributed by atoms with Crippen LogP contribution in [0.4, 0.5) is 0 Å². The average Bonchev–Trinajstić information content (AvgIpc) is 3.03. The lowest BCUT2D eigenvalue weighted by Crippen LogP contribution is -1.83. The Labute approximate surface area is 110 Å². The standard InChI is InChI=1S/C15H11N3O/c1-10-4-5-13-14(7-10)18-15(17-13)11(9-16)8-12-3-2-6-19-12/h2-8H,1H3,(H,17,18)/b11-8+. The van der Waals surface area contributed by atoms with Crippen LogP contribution in [0.1, 0.15) is 17.1 Å². The van der Waals surface area contributed by atoms with E-state index in [4.69, 9.17) is 4.42 Å². The molecule has 2 heterocycles. The molecule has 1 aromatic carbocycles. The number of nitrogens with zero attached hydrogens (tertiary/aromatic N) is 2. The van der Waals surface area contributed by atoms with Gasteiger partial charge in [-0.25, -0.2) is 4.98 Å². The Kier molecular flexibility index (Phi) is 2.66. The second-order valence-electron chi connectivity index (χ2n) is 4.29. The first kappa shape index (κ1) is 11.3. The van der Waals surface area contributed by atoms with E-state index in [1.807, 2.05) is 25.1 Å². The summed E-state index contributed by atoms with van der Waals surface area (Å²) in [6.45, 7) is 2.01. The minimum absolute atomic E-state index is 0.448. The van der Waals surface area contributed by atoms with Crippen LogP contribution in [0.2, 0.25) is 0 Å². The minimum atomic E-state index is 0.448. The van der Waals surface area contributed by atoms with Crippen molar-refractivity contribution in [2.75, 3.05) is 0 Å². The van der Waals surface area contributed by atoms with Gasteiger partial charge in [0.05, 0.1) is 22.9 Å². The predicted octanol–water partition coefficient (Wildman–Crippen LogP) is 3.53. The molecule has 1 N–H and O–H groups in total. The van der Waals surface area contributed by atoms with Crippen LogP contribution in [0.5, 0.6) is 0 Å². The molecule has 0 saturated heterocycles. The van der Waals surface area contributed by atoms with Gasteiger partial charge in [0, 0.05) is 6.08 Å². The zero-order chi connectivity index (χ0) is 13.2. The number of aryl methyl sites for hydroxylation is 1. The van der Waals surface area contributed by atoms with Gasteiger partial charge in [-0.2, -0.15) is 5.26 Å². The lowest BCUT2D eigenvalue weighted by Gasteiger charge is -1.91. The van der Waals surface area contributed by atoms with Gasteiger partial charge in [-0.05, 0) is 36.8 Å². The fraction of sp³-hybridized carbons (Fsp3) is 0.0667. The van der Waals surface area contributed by atoms with Gasteiger partial charge in [0.15, 0.2) is 0 Å². The third-order valence-corrected chi connectivity index (χ3v) is 2.84. The van der Waals surface area contributed by atoms with Crippen LogP contribution < -0.4 is 0 Å². The van der Waals surface area contributed by atoms with E-state index in [-0.39, 0.29) is 0 Å². The highest BCUT2D eigenvalue weighted by molar-refractivity contribution is 5.89. The lowest BCUT2D eigenvalue weighted by molar-refractivity contribution is 0.557. The quantitative estimate of drug-likeness (QED) is 0.706. The van der Waals surface area contributed by atoms with Crippen LogP contribution in [-0.2, 0) is 0 Å². The second kappa shape index (κ2) is 4.46. The summed E-state index contributed by atoms with van der Waals surface area (Å²) in [5, 5.41) is 9.24. The van der Waals surface area contributed by atoms with Gasteiger partial charge in [-0.15, -0.1) is 0 Å². The summed E-state index contributed by atoms with van der Waals surface area (Å²) < 4.78 is 5.21. The number of nitriles is 1. The molecule has 0 amide bonds. The summed E-state index contributed by atoms with van der Waals surface area (Å²) in [5.74, 6) is 1.19. The van der Waals surface area contributed by atoms with E-state index >= 15 is 0 Å². The highest BCUT2D eigenvalue weighted by atomic mass is 16.3. The van der Waals surface area contributed by atoms with E-state index in [1.165, 1.54) is 0 Å². The van der Waals surface area contributed by atoms with Gasteiger partial charge in [-0.1, -0.05) is 6.07 Å². The smallest absolute Gasteiger partial charge is 0.149 e. The number of benzene rings is 1. The van der Waals surface area contributed by atoms with Crippen LogP contribution >= 0.6 is 0 Å². The van der Waals surface area contributed by atoms with Crippen LogP contribution in [0.3, 0.4) is 0 Å². The molecule has 0 bridgehead atoms. The van der Waals surface area contributed by atoms with E-state index in [0.717, 1.165) is 16.6 Å². The van der Waals surface area contributed by atoms with Gasteiger partial charge in [0.2, 0.25) is 0 Å². The molecule has 0 aliphatic carbocycles. The molecular weight excluding hydrogens is 238 g/mol. The average molecular weight is 249 g/mol. The van der Waals surface area contributed by atoms with E-state index in [0.29, 0.717) is 17.2 Å². The van der Waals surface area contributed by atoms with Crippen molar-refractivity contribution < 1.29 is 4.42 Å². The number of allylic oxidation sites excluding steroid dienone is 1. The summed E-state index contributed by atoms with van der Waals surface area (Å²) in [6, 6.07) is 11.7. The van der Waals surface area contributed by atoms with Gasteiger partial charge in [0.25, 0.3) is 0 Å². The van der Waals surface area contributed by atoms with Crippen LogP contribution in [0, 0.1) is 18.3 Å². The molecule has 0 saturated carbocycles. The molecule has 0 radical (unpaired) electrons. The molecule has 3 aromatic rings. The van der Waals surface area contributed by atoms with Gasteiger partial charge < -0.3 is 9.40 Å². The summed E-state index contributed by atoms with van der Waals surface area (Å²) in [4.78, 5) is 7.58. The maximum Gasteiger partial charge on any atom is 0.149 e. The molecule has 0 aliphatic heterocycles. The lowest BCUT2D eigenvalue weighted by atomic mass is 10.2. The normalized spacial score (nSPS) is 11.7. The minimum Gasteiger partial charge on any atom is -0.465 e. The number of fused-ring (bicyclic) bond motifs is 1.